The molecule has 0 radical (unpaired) electrons. The molecule has 0 amide bonds. The number of aryl methyl sites for hydroxylation is 4. The van der Waals surface area contributed by atoms with Gasteiger partial charge in [0.2, 0.25) is 0 Å². The summed E-state index contributed by atoms with van der Waals surface area (Å²) in [5, 5.41) is 22.8. The van der Waals surface area contributed by atoms with E-state index in [0.717, 1.165) is 24.6 Å². The molecule has 4 heterocycles. The molecule has 0 unspecified atom stereocenters. The Kier molecular flexibility index (Phi) is 20.1. The maximum absolute atomic E-state index is 9.62. The third-order valence-electron chi connectivity index (χ3n) is 19.0. The van der Waals surface area contributed by atoms with Crippen LogP contribution in [0, 0.1) is 27.7 Å². The predicted octanol–water partition coefficient (Wildman–Crippen LogP) is 26.5. The number of benzene rings is 15. The maximum atomic E-state index is 9.62. The Labute approximate surface area is 619 Å². The Hall–Kier alpha value is -8.39. The lowest BCUT2D eigenvalue weighted by Crippen LogP contribution is -2.41. The van der Waals surface area contributed by atoms with Gasteiger partial charge >= 0.3 is 7.12 Å². The first-order valence-electron chi connectivity index (χ1n) is 33.5. The van der Waals surface area contributed by atoms with Crippen molar-refractivity contribution in [2.45, 2.75) is 106 Å². The molecule has 0 saturated carbocycles. The fourth-order valence-electron chi connectivity index (χ4n) is 13.2. The van der Waals surface area contributed by atoms with E-state index in [-0.39, 0.29) is 18.3 Å². The van der Waals surface area contributed by atoms with E-state index in [9.17, 15) is 5.11 Å². The summed E-state index contributed by atoms with van der Waals surface area (Å²) >= 11 is 18.1. The minimum absolute atomic E-state index is 0.303. The monoisotopic (exact) mass is 1450 g/mol. The minimum atomic E-state index is -0.326. The molecule has 19 rings (SSSR count). The highest BCUT2D eigenvalue weighted by Gasteiger charge is 2.52. The highest BCUT2D eigenvalue weighted by Crippen LogP contribution is 2.51. The number of phenolic OH excluding ortho intramolecular Hbond substituents is 1. The molecule has 100 heavy (non-hydrogen) atoms. The maximum Gasteiger partial charge on any atom is 0.495 e. The lowest BCUT2D eigenvalue weighted by molar-refractivity contribution is 0.00578. The summed E-state index contributed by atoms with van der Waals surface area (Å²) in [6, 6.07) is 100. The number of aromatic hydroxyl groups is 1. The summed E-state index contributed by atoms with van der Waals surface area (Å²) in [5.74, 6) is 0.327. The number of rotatable bonds is 2. The molecule has 15 aromatic rings. The second-order valence-electron chi connectivity index (χ2n) is 26.6. The summed E-state index contributed by atoms with van der Waals surface area (Å²) in [6.07, 6.45) is 0. The number of hydrogen-bond acceptors (Lipinski definition) is 8. The molecule has 1 N–H and O–H groups in total. The van der Waals surface area contributed by atoms with Gasteiger partial charge in [-0.25, -0.2) is 0 Å². The molecule has 0 spiro atoms. The Bertz CT molecular complexity index is 5260. The second-order valence-corrected chi connectivity index (χ2v) is 31.7. The van der Waals surface area contributed by atoms with Crippen molar-refractivity contribution in [2.24, 2.45) is 0 Å². The van der Waals surface area contributed by atoms with Crippen LogP contribution < -0.4 is 5.46 Å². The van der Waals surface area contributed by atoms with Crippen LogP contribution in [0.1, 0.15) is 49.9 Å². The molecule has 0 aliphatic carbocycles. The van der Waals surface area contributed by atoms with Crippen LogP contribution >= 0.6 is 76.5 Å². The van der Waals surface area contributed by atoms with Crippen molar-refractivity contribution in [3.8, 4) is 50.3 Å². The molecule has 4 aliphatic heterocycles. The van der Waals surface area contributed by atoms with Crippen LogP contribution in [0.5, 0.6) is 5.75 Å². The van der Waals surface area contributed by atoms with Gasteiger partial charge in [-0.15, -0.1) is 25.3 Å². The highest BCUT2D eigenvalue weighted by molar-refractivity contribution is 9.10. The van der Waals surface area contributed by atoms with Crippen molar-refractivity contribution < 1.29 is 14.4 Å². The van der Waals surface area contributed by atoms with Crippen LogP contribution in [0.4, 0.5) is 0 Å². The Morgan fingerprint density at radius 2 is 0.670 bits per heavy atom. The Morgan fingerprint density at radius 3 is 1.13 bits per heavy atom. The normalized spacial score (nSPS) is 13.5. The zero-order valence-corrected chi connectivity index (χ0v) is 62.8. The topological polar surface area (TPSA) is 38.7 Å². The van der Waals surface area contributed by atoms with E-state index in [1.807, 2.05) is 66.8 Å². The number of thiol groups is 2. The Balaban J connectivity index is 0.000000103. The SMILES string of the molecule is Brc1cccc2ccccc12.Cc1ccc(-c2cccc3ccccc23)c(S)c1.Cc1ccc(B2OC(C)(C)C(C)(C)O2)c(S)c1.Cc1ccc2c(c1)Sc1cccc3cccc-2c13.Cc1ccc2c(c1)Sc1cccc3cccc-2c13.Oc1ccc2c(c1)Sc1cccc3cccc-2c13. The van der Waals surface area contributed by atoms with Gasteiger partial charge in [0, 0.05) is 59.8 Å². The third kappa shape index (κ3) is 14.3. The van der Waals surface area contributed by atoms with Crippen molar-refractivity contribution in [2.75, 3.05) is 0 Å². The lowest BCUT2D eigenvalue weighted by Gasteiger charge is -2.32. The van der Waals surface area contributed by atoms with Crippen LogP contribution in [0.2, 0.25) is 0 Å². The van der Waals surface area contributed by atoms with E-state index in [1.165, 1.54) is 145 Å². The predicted molar refractivity (Wildman–Crippen MR) is 439 cm³/mol. The van der Waals surface area contributed by atoms with E-state index in [4.69, 9.17) is 9.31 Å². The van der Waals surface area contributed by atoms with E-state index < -0.39 is 0 Å². The molecule has 0 atom stereocenters. The minimum Gasteiger partial charge on any atom is -0.508 e. The number of phenols is 1. The van der Waals surface area contributed by atoms with Crippen LogP contribution in [0.3, 0.4) is 0 Å². The second kappa shape index (κ2) is 29.3. The van der Waals surface area contributed by atoms with Gasteiger partial charge in [-0.2, -0.15) is 0 Å². The number of hydrogen-bond donors (Lipinski definition) is 3. The van der Waals surface area contributed by atoms with Crippen molar-refractivity contribution in [3.63, 3.8) is 0 Å². The van der Waals surface area contributed by atoms with Gasteiger partial charge in [0.25, 0.3) is 0 Å². The molecule has 1 fully saturated rings. The molecule has 1 saturated heterocycles. The molecule has 15 aromatic carbocycles. The highest BCUT2D eigenvalue weighted by atomic mass is 79.9. The first kappa shape index (κ1) is 68.7. The van der Waals surface area contributed by atoms with Crippen molar-refractivity contribution in [1.29, 1.82) is 0 Å². The van der Waals surface area contributed by atoms with Crippen LogP contribution in [0.15, 0.2) is 329 Å². The fraction of sp³-hybridized carbons (Fsp3) is 0.111. The van der Waals surface area contributed by atoms with Gasteiger partial charge in [0.1, 0.15) is 5.75 Å². The molecule has 4 aliphatic rings. The summed E-state index contributed by atoms with van der Waals surface area (Å²) < 4.78 is 13.2. The molecular weight excluding hydrogens is 1380 g/mol. The molecule has 492 valence electrons. The van der Waals surface area contributed by atoms with Crippen LogP contribution in [-0.4, -0.2) is 23.4 Å². The third-order valence-corrected chi connectivity index (χ3v) is 23.8. The van der Waals surface area contributed by atoms with Crippen LogP contribution in [0.25, 0.3) is 98.4 Å². The van der Waals surface area contributed by atoms with E-state index in [1.54, 1.807) is 17.8 Å². The van der Waals surface area contributed by atoms with Gasteiger partial charge in [-0.1, -0.05) is 275 Å². The number of halogens is 1. The zero-order chi connectivity index (χ0) is 69.4. The van der Waals surface area contributed by atoms with Crippen molar-refractivity contribution in [3.05, 3.63) is 312 Å². The van der Waals surface area contributed by atoms with E-state index >= 15 is 0 Å². The lowest BCUT2D eigenvalue weighted by atomic mass is 9.79. The first-order chi connectivity index (χ1) is 48.3. The summed E-state index contributed by atoms with van der Waals surface area (Å²) in [7, 11) is -0.326. The van der Waals surface area contributed by atoms with Gasteiger partial charge in [0.15, 0.2) is 0 Å². The summed E-state index contributed by atoms with van der Waals surface area (Å²) in [5.41, 5.74) is 15.9. The average Bonchev–Trinajstić information content (AvgIpc) is 1.10. The standard InChI is InChI=1S/2C17H12S.C17H14S.C16H10OS.C13H19BO2S.C10H7Br/c2*1-11-8-9-13-14-6-2-4-12-5-3-7-15(17(12)14)18-16(13)10-11;1-12-9-10-16(17(18)11-12)15-8-4-6-13-5-2-3-7-14(13)15;17-11-7-8-12-13-5-1-3-10-4-2-6-14(16(10)13)18-15(12)9-11;1-9-6-7-10(11(17)8-9)14-15-12(2,3)13(4,5)16-14;11-10-7-3-5-8-4-1-2-6-9(8)10/h2*2-10H,1H3;2-11,18H,1H3;1-9,17H;6-8,17H,1-5H3;1-7H. The molecular formula is C90H74BBrO3S5. The zero-order valence-electron chi connectivity index (χ0n) is 57.0. The quantitative estimate of drug-likeness (QED) is 0.118. The van der Waals surface area contributed by atoms with Gasteiger partial charge in [-0.3, -0.25) is 0 Å². The molecule has 10 heteroatoms. The average molecular weight is 1450 g/mol. The fourth-order valence-corrected chi connectivity index (χ4v) is 18.2. The Morgan fingerprint density at radius 1 is 0.320 bits per heavy atom. The molecule has 3 nitrogen and oxygen atoms in total. The molecule has 0 bridgehead atoms. The van der Waals surface area contributed by atoms with Gasteiger partial charge in [0.05, 0.1) is 11.2 Å². The molecule has 0 aromatic heterocycles. The summed E-state index contributed by atoms with van der Waals surface area (Å²) in [4.78, 5) is 9.85. The first-order valence-corrected chi connectivity index (χ1v) is 37.7. The van der Waals surface area contributed by atoms with Gasteiger partial charge in [-0.05, 0) is 226 Å². The van der Waals surface area contributed by atoms with Crippen molar-refractivity contribution in [1.82, 2.24) is 0 Å². The van der Waals surface area contributed by atoms with Crippen LogP contribution in [-0.2, 0) is 9.31 Å². The summed E-state index contributed by atoms with van der Waals surface area (Å²) in [6.45, 7) is 16.7. The van der Waals surface area contributed by atoms with Crippen molar-refractivity contribution >= 4 is 143 Å². The smallest absolute Gasteiger partial charge is 0.495 e. The largest absolute Gasteiger partial charge is 0.508 e. The van der Waals surface area contributed by atoms with E-state index in [2.05, 4.69) is 332 Å². The van der Waals surface area contributed by atoms with Gasteiger partial charge < -0.3 is 14.4 Å². The number of fused-ring (bicyclic) bond motifs is 8. The van der Waals surface area contributed by atoms with E-state index in [0.29, 0.717) is 5.75 Å².